The van der Waals surface area contributed by atoms with Crippen LogP contribution in [0.25, 0.3) is 0 Å². The van der Waals surface area contributed by atoms with Gasteiger partial charge in [0.1, 0.15) is 0 Å². The van der Waals surface area contributed by atoms with Crippen molar-refractivity contribution in [3.63, 3.8) is 0 Å². The number of carbonyl (C=O) groups excluding carboxylic acids is 1. The highest BCUT2D eigenvalue weighted by Crippen LogP contribution is 2.22. The summed E-state index contributed by atoms with van der Waals surface area (Å²) in [7, 11) is 4.06. The van der Waals surface area contributed by atoms with E-state index < -0.39 is 0 Å². The van der Waals surface area contributed by atoms with Crippen molar-refractivity contribution in [3.8, 4) is 0 Å². The zero-order chi connectivity index (χ0) is 15.4. The van der Waals surface area contributed by atoms with Crippen LogP contribution in [-0.4, -0.2) is 24.9 Å². The van der Waals surface area contributed by atoms with Gasteiger partial charge in [-0.3, -0.25) is 4.79 Å². The Morgan fingerprint density at radius 3 is 2.38 bits per heavy atom. The predicted octanol–water partition coefficient (Wildman–Crippen LogP) is 4.53. The minimum Gasteiger partial charge on any atom is -0.322 e. The van der Waals surface area contributed by atoms with Gasteiger partial charge in [0, 0.05) is 21.2 Å². The molecule has 5 heteroatoms. The first-order chi connectivity index (χ1) is 9.95. The maximum absolute atomic E-state index is 12.3. The molecule has 2 aromatic rings. The second-order valence-corrected chi connectivity index (χ2v) is 6.78. The second-order valence-electron chi connectivity index (χ2n) is 5.01. The first-order valence-electron chi connectivity index (χ1n) is 6.46. The average Bonchev–Trinajstić information content (AvgIpc) is 2.43. The topological polar surface area (TPSA) is 32.3 Å². The Morgan fingerprint density at radius 2 is 1.76 bits per heavy atom. The number of anilines is 1. The van der Waals surface area contributed by atoms with Crippen molar-refractivity contribution >= 4 is 43.5 Å². The first-order valence-corrected chi connectivity index (χ1v) is 8.04. The van der Waals surface area contributed by atoms with Gasteiger partial charge in [0.2, 0.25) is 0 Å². The quantitative estimate of drug-likeness (QED) is 0.801. The number of hydrogen-bond donors (Lipinski definition) is 1. The molecule has 0 atom stereocenters. The number of halogens is 2. The van der Waals surface area contributed by atoms with Gasteiger partial charge in [0.25, 0.3) is 5.91 Å². The van der Waals surface area contributed by atoms with Gasteiger partial charge >= 0.3 is 0 Å². The molecule has 0 unspecified atom stereocenters. The Morgan fingerprint density at radius 1 is 1.10 bits per heavy atom. The van der Waals surface area contributed by atoms with E-state index in [0.29, 0.717) is 5.56 Å². The molecule has 0 spiro atoms. The zero-order valence-electron chi connectivity index (χ0n) is 11.9. The van der Waals surface area contributed by atoms with Crippen LogP contribution in [0.5, 0.6) is 0 Å². The van der Waals surface area contributed by atoms with Crippen LogP contribution >= 0.6 is 31.9 Å². The number of nitrogens with one attached hydrogen (secondary N) is 1. The highest BCUT2D eigenvalue weighted by atomic mass is 79.9. The summed E-state index contributed by atoms with van der Waals surface area (Å²) in [6, 6.07) is 13.4. The highest BCUT2D eigenvalue weighted by molar-refractivity contribution is 9.11. The molecule has 1 N–H and O–H groups in total. The van der Waals surface area contributed by atoms with Crippen molar-refractivity contribution in [1.29, 1.82) is 0 Å². The molecule has 0 aliphatic carbocycles. The van der Waals surface area contributed by atoms with E-state index in [4.69, 9.17) is 0 Å². The molecule has 1 amide bonds. The lowest BCUT2D eigenvalue weighted by molar-refractivity contribution is 0.102. The summed E-state index contributed by atoms with van der Waals surface area (Å²) in [6.07, 6.45) is 0. The summed E-state index contributed by atoms with van der Waals surface area (Å²) >= 11 is 6.77. The molecule has 21 heavy (non-hydrogen) atoms. The highest BCUT2D eigenvalue weighted by Gasteiger charge is 2.10. The standard InChI is InChI=1S/C16H16Br2N2O/c1-20(2)10-11-3-6-13(7-4-11)19-16(21)14-9-12(17)5-8-15(14)18/h3-9H,10H2,1-2H3,(H,19,21). The molecule has 0 aliphatic rings. The Kier molecular flexibility index (Phi) is 5.56. The summed E-state index contributed by atoms with van der Waals surface area (Å²) in [5.74, 6) is -0.136. The van der Waals surface area contributed by atoms with E-state index in [1.165, 1.54) is 5.56 Å². The molecule has 2 aromatic carbocycles. The lowest BCUT2D eigenvalue weighted by atomic mass is 10.1. The van der Waals surface area contributed by atoms with E-state index >= 15 is 0 Å². The summed E-state index contributed by atoms with van der Waals surface area (Å²) < 4.78 is 1.64. The lowest BCUT2D eigenvalue weighted by Gasteiger charge is -2.11. The smallest absolute Gasteiger partial charge is 0.256 e. The number of hydrogen-bond acceptors (Lipinski definition) is 2. The predicted molar refractivity (Wildman–Crippen MR) is 93.6 cm³/mol. The molecule has 0 fully saturated rings. The number of carbonyl (C=O) groups is 1. The molecule has 0 aromatic heterocycles. The van der Waals surface area contributed by atoms with E-state index in [9.17, 15) is 4.79 Å². The van der Waals surface area contributed by atoms with Crippen molar-refractivity contribution < 1.29 is 4.79 Å². The molecular formula is C16H16Br2N2O. The Bertz CT molecular complexity index is 639. The minimum atomic E-state index is -0.136. The van der Waals surface area contributed by atoms with E-state index in [0.717, 1.165) is 21.2 Å². The fourth-order valence-electron chi connectivity index (χ4n) is 1.93. The van der Waals surface area contributed by atoms with Crippen molar-refractivity contribution in [2.45, 2.75) is 6.54 Å². The number of rotatable bonds is 4. The molecule has 2 rings (SSSR count). The molecule has 110 valence electrons. The third-order valence-electron chi connectivity index (χ3n) is 2.88. The van der Waals surface area contributed by atoms with Crippen LogP contribution in [0, 0.1) is 0 Å². The third-order valence-corrected chi connectivity index (χ3v) is 4.07. The van der Waals surface area contributed by atoms with Crippen molar-refractivity contribution in [3.05, 3.63) is 62.5 Å². The van der Waals surface area contributed by atoms with Gasteiger partial charge < -0.3 is 10.2 Å². The normalized spacial score (nSPS) is 10.7. The van der Waals surface area contributed by atoms with Gasteiger partial charge in [0.05, 0.1) is 5.56 Å². The van der Waals surface area contributed by atoms with Crippen molar-refractivity contribution in [2.75, 3.05) is 19.4 Å². The largest absolute Gasteiger partial charge is 0.322 e. The summed E-state index contributed by atoms with van der Waals surface area (Å²) in [5, 5.41) is 2.90. The number of nitrogens with zero attached hydrogens (tertiary/aromatic N) is 1. The fourth-order valence-corrected chi connectivity index (χ4v) is 2.72. The van der Waals surface area contributed by atoms with E-state index in [-0.39, 0.29) is 5.91 Å². The molecule has 0 radical (unpaired) electrons. The Labute approximate surface area is 141 Å². The second kappa shape index (κ2) is 7.20. The van der Waals surface area contributed by atoms with Crippen LogP contribution in [0.4, 0.5) is 5.69 Å². The first kappa shape index (κ1) is 16.2. The number of benzene rings is 2. The van der Waals surface area contributed by atoms with E-state index in [1.54, 1.807) is 6.07 Å². The summed E-state index contributed by atoms with van der Waals surface area (Å²) in [5.41, 5.74) is 2.60. The molecule has 0 heterocycles. The number of amides is 1. The SMILES string of the molecule is CN(C)Cc1ccc(NC(=O)c2cc(Br)ccc2Br)cc1. The van der Waals surface area contributed by atoms with Crippen molar-refractivity contribution in [2.24, 2.45) is 0 Å². The van der Waals surface area contributed by atoms with Gasteiger partial charge in [-0.25, -0.2) is 0 Å². The lowest BCUT2D eigenvalue weighted by Crippen LogP contribution is -2.13. The maximum atomic E-state index is 12.3. The van der Waals surface area contributed by atoms with Crippen LogP contribution in [-0.2, 0) is 6.54 Å². The average molecular weight is 412 g/mol. The maximum Gasteiger partial charge on any atom is 0.256 e. The molecule has 3 nitrogen and oxygen atoms in total. The van der Waals surface area contributed by atoms with Crippen LogP contribution in [0.1, 0.15) is 15.9 Å². The molecule has 0 saturated carbocycles. The summed E-state index contributed by atoms with van der Waals surface area (Å²) in [6.45, 7) is 0.880. The van der Waals surface area contributed by atoms with Crippen LogP contribution in [0.3, 0.4) is 0 Å². The van der Waals surface area contributed by atoms with Gasteiger partial charge in [0.15, 0.2) is 0 Å². The fraction of sp³-hybridized carbons (Fsp3) is 0.188. The van der Waals surface area contributed by atoms with Crippen molar-refractivity contribution in [1.82, 2.24) is 4.90 Å². The Balaban J connectivity index is 2.10. The monoisotopic (exact) mass is 410 g/mol. The van der Waals surface area contributed by atoms with Crippen LogP contribution in [0.15, 0.2) is 51.4 Å². The van der Waals surface area contributed by atoms with Crippen LogP contribution in [0.2, 0.25) is 0 Å². The molecule has 0 bridgehead atoms. The third kappa shape index (κ3) is 4.66. The van der Waals surface area contributed by atoms with E-state index in [2.05, 4.69) is 42.1 Å². The van der Waals surface area contributed by atoms with Gasteiger partial charge in [-0.2, -0.15) is 0 Å². The summed E-state index contributed by atoms with van der Waals surface area (Å²) in [4.78, 5) is 14.4. The molecule has 0 aliphatic heterocycles. The zero-order valence-corrected chi connectivity index (χ0v) is 15.0. The van der Waals surface area contributed by atoms with Crippen LogP contribution < -0.4 is 5.32 Å². The van der Waals surface area contributed by atoms with E-state index in [1.807, 2.05) is 50.5 Å². The van der Waals surface area contributed by atoms with Gasteiger partial charge in [-0.05, 0) is 65.9 Å². The Hall–Kier alpha value is -1.17. The van der Waals surface area contributed by atoms with Gasteiger partial charge in [-0.1, -0.05) is 28.1 Å². The molecular weight excluding hydrogens is 396 g/mol. The molecule has 0 saturated heterocycles. The minimum absolute atomic E-state index is 0.136. The van der Waals surface area contributed by atoms with Gasteiger partial charge in [-0.15, -0.1) is 0 Å².